The zero-order valence-corrected chi connectivity index (χ0v) is 12.3. The van der Waals surface area contributed by atoms with Crippen LogP contribution in [0.15, 0.2) is 40.6 Å². The number of anilines is 1. The molecule has 0 aliphatic heterocycles. The average Bonchev–Trinajstić information content (AvgIpc) is 2.91. The zero-order valence-electron chi connectivity index (χ0n) is 11.5. The molecule has 0 radical (unpaired) electrons. The summed E-state index contributed by atoms with van der Waals surface area (Å²) in [7, 11) is 0. The van der Waals surface area contributed by atoms with E-state index in [2.05, 4.69) is 32.5 Å². The van der Waals surface area contributed by atoms with Crippen molar-refractivity contribution in [2.45, 2.75) is 29.9 Å². The molecule has 3 aromatic rings. The number of aryl methyl sites for hydroxylation is 1. The van der Waals surface area contributed by atoms with Crippen molar-refractivity contribution in [1.29, 1.82) is 0 Å². The van der Waals surface area contributed by atoms with Crippen LogP contribution in [-0.4, -0.2) is 24.6 Å². The number of hydrogen-bond donors (Lipinski definition) is 2. The fraction of sp³-hybridized carbons (Fsp3) is 0.231. The van der Waals surface area contributed by atoms with Crippen molar-refractivity contribution in [3.05, 3.63) is 36.3 Å². The van der Waals surface area contributed by atoms with Gasteiger partial charge in [-0.05, 0) is 30.3 Å². The summed E-state index contributed by atoms with van der Waals surface area (Å²) < 4.78 is 1.92. The normalized spacial score (nSPS) is 11.0. The van der Waals surface area contributed by atoms with Gasteiger partial charge in [-0.2, -0.15) is 0 Å². The number of fused-ring (bicyclic) bond motifs is 1. The Morgan fingerprint density at radius 2 is 2.19 bits per heavy atom. The molecule has 0 aromatic carbocycles. The molecule has 0 atom stereocenters. The molecule has 0 aliphatic carbocycles. The maximum Gasteiger partial charge on any atom is 0.201 e. The Labute approximate surface area is 126 Å². The highest BCUT2D eigenvalue weighted by molar-refractivity contribution is 7.99. The molecule has 0 spiro atoms. The maximum absolute atomic E-state index is 5.46. The molecule has 108 valence electrons. The molecule has 0 bridgehead atoms. The predicted octanol–water partition coefficient (Wildman–Crippen LogP) is 1.91. The number of pyridine rings is 1. The third-order valence-electron chi connectivity index (χ3n) is 2.85. The SMILES string of the molecule is CCCc1nc(NN)cc(Sc2nnc3ccccn23)n1. The number of aromatic nitrogens is 5. The summed E-state index contributed by atoms with van der Waals surface area (Å²) in [6.07, 6.45) is 3.71. The summed E-state index contributed by atoms with van der Waals surface area (Å²) in [5.41, 5.74) is 3.38. The number of nitrogens with two attached hydrogens (primary N) is 1. The Kier molecular flexibility index (Phi) is 3.98. The first-order valence-corrected chi connectivity index (χ1v) is 7.44. The third kappa shape index (κ3) is 2.96. The maximum atomic E-state index is 5.46. The molecule has 0 fully saturated rings. The first kappa shape index (κ1) is 13.8. The lowest BCUT2D eigenvalue weighted by atomic mass is 10.3. The summed E-state index contributed by atoms with van der Waals surface area (Å²) in [4.78, 5) is 8.86. The molecule has 0 unspecified atom stereocenters. The van der Waals surface area contributed by atoms with Crippen LogP contribution in [0.25, 0.3) is 5.65 Å². The number of hydrogen-bond acceptors (Lipinski definition) is 7. The molecule has 3 N–H and O–H groups in total. The monoisotopic (exact) mass is 301 g/mol. The number of nitrogens with zero attached hydrogens (tertiary/aromatic N) is 5. The number of nitrogen functional groups attached to an aromatic ring is 1. The van der Waals surface area contributed by atoms with Crippen molar-refractivity contribution < 1.29 is 0 Å². The molecule has 0 saturated carbocycles. The standard InChI is InChI=1S/C13H15N7S/c1-2-5-9-15-10(17-14)8-12(16-9)21-13-19-18-11-6-3-4-7-20(11)13/h3-4,6-8H,2,5,14H2,1H3,(H,15,16,17). The van der Waals surface area contributed by atoms with Crippen LogP contribution in [-0.2, 0) is 6.42 Å². The van der Waals surface area contributed by atoms with Gasteiger partial charge in [-0.15, -0.1) is 10.2 Å². The van der Waals surface area contributed by atoms with Crippen LogP contribution in [0.4, 0.5) is 5.82 Å². The topological polar surface area (TPSA) is 94.0 Å². The Hall–Kier alpha value is -2.19. The molecule has 3 rings (SSSR count). The van der Waals surface area contributed by atoms with Gasteiger partial charge in [0.05, 0.1) is 0 Å². The van der Waals surface area contributed by atoms with Gasteiger partial charge in [0.1, 0.15) is 16.7 Å². The van der Waals surface area contributed by atoms with E-state index in [0.717, 1.165) is 34.5 Å². The van der Waals surface area contributed by atoms with Gasteiger partial charge < -0.3 is 5.43 Å². The van der Waals surface area contributed by atoms with Crippen molar-refractivity contribution in [2.75, 3.05) is 5.43 Å². The summed E-state index contributed by atoms with van der Waals surface area (Å²) in [5.74, 6) is 6.83. The molecule has 7 nitrogen and oxygen atoms in total. The van der Waals surface area contributed by atoms with Crippen molar-refractivity contribution in [2.24, 2.45) is 5.84 Å². The summed E-state index contributed by atoms with van der Waals surface area (Å²) >= 11 is 1.44. The van der Waals surface area contributed by atoms with Gasteiger partial charge in [-0.25, -0.2) is 15.8 Å². The van der Waals surface area contributed by atoms with E-state index in [0.29, 0.717) is 5.82 Å². The predicted molar refractivity (Wildman–Crippen MR) is 80.9 cm³/mol. The Bertz CT molecular complexity index is 755. The van der Waals surface area contributed by atoms with Gasteiger partial charge in [0.2, 0.25) is 5.16 Å². The van der Waals surface area contributed by atoms with E-state index < -0.39 is 0 Å². The second-order valence-corrected chi connectivity index (χ2v) is 5.40. The Balaban J connectivity index is 1.95. The van der Waals surface area contributed by atoms with Gasteiger partial charge in [-0.1, -0.05) is 13.0 Å². The van der Waals surface area contributed by atoms with Gasteiger partial charge in [0, 0.05) is 18.7 Å². The van der Waals surface area contributed by atoms with Crippen LogP contribution in [0.3, 0.4) is 0 Å². The fourth-order valence-corrected chi connectivity index (χ4v) is 2.76. The molecular formula is C13H15N7S. The lowest BCUT2D eigenvalue weighted by Crippen LogP contribution is -2.10. The van der Waals surface area contributed by atoms with Gasteiger partial charge in [-0.3, -0.25) is 4.40 Å². The Morgan fingerprint density at radius 3 is 3.00 bits per heavy atom. The van der Waals surface area contributed by atoms with E-state index in [1.54, 1.807) is 6.07 Å². The largest absolute Gasteiger partial charge is 0.308 e. The van der Waals surface area contributed by atoms with Crippen molar-refractivity contribution in [3.8, 4) is 0 Å². The minimum Gasteiger partial charge on any atom is -0.308 e. The number of hydrazine groups is 1. The van der Waals surface area contributed by atoms with E-state index in [9.17, 15) is 0 Å². The smallest absolute Gasteiger partial charge is 0.201 e. The van der Waals surface area contributed by atoms with Crippen molar-refractivity contribution >= 4 is 23.2 Å². The second-order valence-electron chi connectivity index (χ2n) is 4.42. The first-order chi connectivity index (χ1) is 10.3. The van der Waals surface area contributed by atoms with Gasteiger partial charge in [0.15, 0.2) is 5.65 Å². The van der Waals surface area contributed by atoms with Crippen LogP contribution in [0.1, 0.15) is 19.2 Å². The molecule has 0 amide bonds. The van der Waals surface area contributed by atoms with E-state index in [1.165, 1.54) is 11.8 Å². The first-order valence-electron chi connectivity index (χ1n) is 6.62. The lowest BCUT2D eigenvalue weighted by Gasteiger charge is -2.06. The Morgan fingerprint density at radius 1 is 1.29 bits per heavy atom. The summed E-state index contributed by atoms with van der Waals surface area (Å²) in [6, 6.07) is 7.58. The van der Waals surface area contributed by atoms with Gasteiger partial charge in [0.25, 0.3) is 0 Å². The van der Waals surface area contributed by atoms with E-state index in [-0.39, 0.29) is 0 Å². The minimum absolute atomic E-state index is 0.602. The van der Waals surface area contributed by atoms with Gasteiger partial charge >= 0.3 is 0 Å². The summed E-state index contributed by atoms with van der Waals surface area (Å²) in [6.45, 7) is 2.09. The fourth-order valence-electron chi connectivity index (χ4n) is 1.92. The van der Waals surface area contributed by atoms with Crippen LogP contribution in [0.5, 0.6) is 0 Å². The van der Waals surface area contributed by atoms with Crippen LogP contribution >= 0.6 is 11.8 Å². The highest BCUT2D eigenvalue weighted by Gasteiger charge is 2.10. The average molecular weight is 301 g/mol. The molecule has 0 saturated heterocycles. The zero-order chi connectivity index (χ0) is 14.7. The van der Waals surface area contributed by atoms with E-state index in [4.69, 9.17) is 5.84 Å². The number of rotatable bonds is 5. The molecule has 8 heteroatoms. The molecule has 0 aliphatic rings. The van der Waals surface area contributed by atoms with E-state index >= 15 is 0 Å². The summed E-state index contributed by atoms with van der Waals surface area (Å²) in [5, 5.41) is 9.86. The molecule has 3 aromatic heterocycles. The highest BCUT2D eigenvalue weighted by Crippen LogP contribution is 2.26. The minimum atomic E-state index is 0.602. The lowest BCUT2D eigenvalue weighted by molar-refractivity contribution is 0.808. The molecule has 3 heterocycles. The quantitative estimate of drug-likeness (QED) is 0.422. The second kappa shape index (κ2) is 6.06. The van der Waals surface area contributed by atoms with Crippen LogP contribution < -0.4 is 11.3 Å². The van der Waals surface area contributed by atoms with Crippen LogP contribution in [0, 0.1) is 0 Å². The van der Waals surface area contributed by atoms with Crippen molar-refractivity contribution in [1.82, 2.24) is 24.6 Å². The number of nitrogens with one attached hydrogen (secondary N) is 1. The third-order valence-corrected chi connectivity index (χ3v) is 3.73. The highest BCUT2D eigenvalue weighted by atomic mass is 32.2. The van der Waals surface area contributed by atoms with Crippen molar-refractivity contribution in [3.63, 3.8) is 0 Å². The molecule has 21 heavy (non-hydrogen) atoms. The van der Waals surface area contributed by atoms with E-state index in [1.807, 2.05) is 28.8 Å². The molecular weight excluding hydrogens is 286 g/mol. The van der Waals surface area contributed by atoms with Crippen LogP contribution in [0.2, 0.25) is 0 Å².